The molecule has 1 aliphatic carbocycles. The van der Waals surface area contributed by atoms with Crippen LogP contribution in [0, 0.1) is 5.92 Å². The minimum absolute atomic E-state index is 0.0976. The number of aromatic nitrogens is 3. The molecular formula is C21H28F3N5O. The summed E-state index contributed by atoms with van der Waals surface area (Å²) in [5.41, 5.74) is 1.58. The third kappa shape index (κ3) is 4.70. The van der Waals surface area contributed by atoms with Crippen LogP contribution in [0.2, 0.25) is 0 Å². The van der Waals surface area contributed by atoms with Crippen LogP contribution in [0.25, 0.3) is 10.9 Å². The molecule has 2 aliphatic rings. The van der Waals surface area contributed by atoms with Crippen molar-refractivity contribution in [3.8, 4) is 0 Å². The van der Waals surface area contributed by atoms with Crippen LogP contribution in [0.5, 0.6) is 0 Å². The third-order valence-corrected chi connectivity index (χ3v) is 6.31. The van der Waals surface area contributed by atoms with Crippen molar-refractivity contribution in [2.45, 2.75) is 70.0 Å². The van der Waals surface area contributed by atoms with E-state index in [0.29, 0.717) is 25.4 Å². The van der Waals surface area contributed by atoms with Crippen LogP contribution in [0.1, 0.15) is 57.1 Å². The highest BCUT2D eigenvalue weighted by atomic mass is 19.4. The topological polar surface area (TPSA) is 73.9 Å². The molecule has 0 spiro atoms. The summed E-state index contributed by atoms with van der Waals surface area (Å²) < 4.78 is 39.1. The molecule has 0 aromatic carbocycles. The second-order valence-electron chi connectivity index (χ2n) is 8.46. The van der Waals surface area contributed by atoms with Crippen molar-refractivity contribution in [2.24, 2.45) is 5.92 Å². The molecule has 2 aromatic heterocycles. The molecule has 1 aliphatic heterocycles. The molecule has 1 saturated heterocycles. The van der Waals surface area contributed by atoms with Crippen molar-refractivity contribution in [3.63, 3.8) is 0 Å². The van der Waals surface area contributed by atoms with E-state index in [1.807, 2.05) is 6.07 Å². The number of nitrogens with one attached hydrogen (secondary N) is 2. The number of anilines is 1. The normalized spacial score (nSPS) is 21.2. The number of carbonyl (C=O) groups is 1. The summed E-state index contributed by atoms with van der Waals surface area (Å²) in [6, 6.07) is 2.20. The molecule has 0 radical (unpaired) electrons. The van der Waals surface area contributed by atoms with Crippen molar-refractivity contribution < 1.29 is 18.0 Å². The Labute approximate surface area is 173 Å². The summed E-state index contributed by atoms with van der Waals surface area (Å²) in [5.74, 6) is -0.887. The number of pyridine rings is 1. The molecule has 2 N–H and O–H groups in total. The van der Waals surface area contributed by atoms with E-state index in [2.05, 4.69) is 20.5 Å². The van der Waals surface area contributed by atoms with Crippen LogP contribution in [0.3, 0.4) is 0 Å². The van der Waals surface area contributed by atoms with Crippen molar-refractivity contribution >= 4 is 22.6 Å². The predicted molar refractivity (Wildman–Crippen MR) is 108 cm³/mol. The number of hydrogen-bond acceptors (Lipinski definition) is 4. The molecule has 4 rings (SSSR count). The summed E-state index contributed by atoms with van der Waals surface area (Å²) in [5, 5.41) is 11.7. The number of carbonyl (C=O) groups excluding carboxylic acids is 1. The summed E-state index contributed by atoms with van der Waals surface area (Å²) in [7, 11) is 0. The van der Waals surface area contributed by atoms with Gasteiger partial charge in [-0.3, -0.25) is 9.89 Å². The number of hydrogen-bond donors (Lipinski definition) is 2. The Hall–Kier alpha value is -2.32. The molecule has 6 nitrogen and oxygen atoms in total. The fraction of sp³-hybridized carbons (Fsp3) is 0.667. The number of halogens is 3. The molecule has 3 heterocycles. The summed E-state index contributed by atoms with van der Waals surface area (Å²) in [4.78, 5) is 18.5. The van der Waals surface area contributed by atoms with Crippen LogP contribution in [-0.2, 0) is 11.2 Å². The molecule has 1 amide bonds. The lowest BCUT2D eigenvalue weighted by atomic mass is 9.95. The van der Waals surface area contributed by atoms with Gasteiger partial charge >= 0.3 is 6.18 Å². The van der Waals surface area contributed by atoms with E-state index in [4.69, 9.17) is 0 Å². The van der Waals surface area contributed by atoms with Crippen LogP contribution in [0.4, 0.5) is 19.0 Å². The molecule has 164 valence electrons. The van der Waals surface area contributed by atoms with Gasteiger partial charge in [0.2, 0.25) is 5.91 Å². The molecule has 0 unspecified atom stereocenters. The molecule has 9 heteroatoms. The van der Waals surface area contributed by atoms with Gasteiger partial charge in [-0.2, -0.15) is 18.3 Å². The Morgan fingerprint density at radius 2 is 2.00 bits per heavy atom. The van der Waals surface area contributed by atoms with Gasteiger partial charge in [-0.25, -0.2) is 4.98 Å². The fourth-order valence-electron chi connectivity index (χ4n) is 4.62. The first kappa shape index (κ1) is 20.9. The highest BCUT2D eigenvalue weighted by Gasteiger charge is 2.42. The second kappa shape index (κ2) is 8.81. The number of alkyl halides is 3. The van der Waals surface area contributed by atoms with Gasteiger partial charge in [-0.05, 0) is 38.2 Å². The predicted octanol–water partition coefficient (Wildman–Crippen LogP) is 4.44. The zero-order chi connectivity index (χ0) is 21.1. The van der Waals surface area contributed by atoms with Gasteiger partial charge in [-0.1, -0.05) is 19.3 Å². The van der Waals surface area contributed by atoms with Crippen LogP contribution >= 0.6 is 0 Å². The lowest BCUT2D eigenvalue weighted by Gasteiger charge is -2.33. The maximum absolute atomic E-state index is 13.0. The number of fused-ring (bicyclic) bond motifs is 1. The Morgan fingerprint density at radius 3 is 2.77 bits per heavy atom. The minimum Gasteiger partial charge on any atom is -0.367 e. The number of piperidine rings is 1. The fourth-order valence-corrected chi connectivity index (χ4v) is 4.62. The first-order valence-corrected chi connectivity index (χ1v) is 10.8. The Bertz CT molecular complexity index is 875. The van der Waals surface area contributed by atoms with E-state index in [1.54, 1.807) is 6.20 Å². The monoisotopic (exact) mass is 423 g/mol. The second-order valence-corrected chi connectivity index (χ2v) is 8.46. The highest BCUT2D eigenvalue weighted by molar-refractivity contribution is 5.92. The average molecular weight is 423 g/mol. The smallest absolute Gasteiger partial charge is 0.367 e. The molecule has 30 heavy (non-hydrogen) atoms. The molecule has 2 aromatic rings. The quantitative estimate of drug-likeness (QED) is 0.746. The highest BCUT2D eigenvalue weighted by Crippen LogP contribution is 2.33. The molecule has 0 bridgehead atoms. The molecule has 1 saturated carbocycles. The number of nitrogens with zero attached hydrogens (tertiary/aromatic N) is 3. The van der Waals surface area contributed by atoms with E-state index in [9.17, 15) is 18.0 Å². The maximum atomic E-state index is 13.0. The largest absolute Gasteiger partial charge is 0.393 e. The Balaban J connectivity index is 1.43. The van der Waals surface area contributed by atoms with E-state index < -0.39 is 12.1 Å². The zero-order valence-electron chi connectivity index (χ0n) is 17.0. The van der Waals surface area contributed by atoms with E-state index in [-0.39, 0.29) is 25.3 Å². The average Bonchev–Trinajstić information content (AvgIpc) is 3.16. The lowest BCUT2D eigenvalue weighted by Crippen LogP contribution is -2.44. The molecule has 1 atom stereocenters. The standard InChI is InChI=1S/C21H28F3N5O/c22-21(23,24)14-5-4-12-29(13-14)18(30)9-8-16-19-17(28-27-16)10-11-25-20(19)26-15-6-2-1-3-7-15/h10-11,14-15H,1-9,12-13H2,(H,25,26)(H,27,28)/t14-/m0/s1. The van der Waals surface area contributed by atoms with Gasteiger partial charge in [0.25, 0.3) is 0 Å². The first-order chi connectivity index (χ1) is 14.4. The summed E-state index contributed by atoms with van der Waals surface area (Å²) in [6.07, 6.45) is 4.40. The van der Waals surface area contributed by atoms with Crippen LogP contribution in [-0.4, -0.2) is 51.3 Å². The van der Waals surface area contributed by atoms with Gasteiger partial charge in [0.15, 0.2) is 0 Å². The van der Waals surface area contributed by atoms with Crippen molar-refractivity contribution in [1.82, 2.24) is 20.1 Å². The van der Waals surface area contributed by atoms with E-state index >= 15 is 0 Å². The number of amides is 1. The molecule has 2 fully saturated rings. The van der Waals surface area contributed by atoms with Gasteiger partial charge in [0, 0.05) is 37.4 Å². The van der Waals surface area contributed by atoms with Gasteiger partial charge in [0.05, 0.1) is 16.8 Å². The minimum atomic E-state index is -4.25. The van der Waals surface area contributed by atoms with Gasteiger partial charge < -0.3 is 10.2 Å². The van der Waals surface area contributed by atoms with Crippen molar-refractivity contribution in [1.29, 1.82) is 0 Å². The number of likely N-dealkylation sites (tertiary alicyclic amines) is 1. The molecular weight excluding hydrogens is 395 g/mol. The zero-order valence-corrected chi connectivity index (χ0v) is 17.0. The number of rotatable bonds is 5. The van der Waals surface area contributed by atoms with Crippen LogP contribution in [0.15, 0.2) is 12.3 Å². The Morgan fingerprint density at radius 1 is 1.20 bits per heavy atom. The van der Waals surface area contributed by atoms with Crippen molar-refractivity contribution in [3.05, 3.63) is 18.0 Å². The third-order valence-electron chi connectivity index (χ3n) is 6.31. The van der Waals surface area contributed by atoms with Gasteiger partial charge in [-0.15, -0.1) is 0 Å². The number of H-pyrrole nitrogens is 1. The lowest BCUT2D eigenvalue weighted by molar-refractivity contribution is -0.188. The number of aryl methyl sites for hydroxylation is 1. The Kier molecular flexibility index (Phi) is 6.15. The SMILES string of the molecule is O=C(CCc1[nH]nc2ccnc(NC3CCCCC3)c12)N1CCC[C@H](C(F)(F)F)C1. The maximum Gasteiger partial charge on any atom is 0.393 e. The summed E-state index contributed by atoms with van der Waals surface area (Å²) >= 11 is 0. The van der Waals surface area contributed by atoms with Gasteiger partial charge in [0.1, 0.15) is 5.82 Å². The van der Waals surface area contributed by atoms with E-state index in [0.717, 1.165) is 35.3 Å². The first-order valence-electron chi connectivity index (χ1n) is 10.8. The van der Waals surface area contributed by atoms with Crippen LogP contribution < -0.4 is 5.32 Å². The van der Waals surface area contributed by atoms with E-state index in [1.165, 1.54) is 24.2 Å². The van der Waals surface area contributed by atoms with Crippen molar-refractivity contribution in [2.75, 3.05) is 18.4 Å². The summed E-state index contributed by atoms with van der Waals surface area (Å²) in [6.45, 7) is 0.160. The number of aromatic amines is 1.